The predicted octanol–water partition coefficient (Wildman–Crippen LogP) is 3.64. The van der Waals surface area contributed by atoms with E-state index in [1.165, 1.54) is 19.3 Å². The highest BCUT2D eigenvalue weighted by molar-refractivity contribution is 6.45. The molecule has 27 heavy (non-hydrogen) atoms. The Bertz CT molecular complexity index is 801. The summed E-state index contributed by atoms with van der Waals surface area (Å²) in [5, 5.41) is 3.66. The summed E-state index contributed by atoms with van der Waals surface area (Å²) in [4.78, 5) is 27.5. The van der Waals surface area contributed by atoms with Crippen LogP contribution < -0.4 is 5.32 Å². The number of para-hydroxylation sites is 1. The van der Waals surface area contributed by atoms with Crippen molar-refractivity contribution >= 4 is 22.6 Å². The molecule has 1 aromatic carbocycles. The normalized spacial score (nSPS) is 16.1. The van der Waals surface area contributed by atoms with Gasteiger partial charge in [0.1, 0.15) is 0 Å². The maximum Gasteiger partial charge on any atom is 0.292 e. The number of hydrogen-bond donors (Lipinski definition) is 1. The largest absolute Gasteiger partial charge is 0.348 e. The zero-order valence-corrected chi connectivity index (χ0v) is 16.7. The fourth-order valence-corrected chi connectivity index (χ4v) is 3.96. The number of piperidine rings is 1. The molecule has 0 aliphatic carbocycles. The van der Waals surface area contributed by atoms with Gasteiger partial charge in [-0.15, -0.1) is 0 Å². The molecule has 1 N–H and O–H groups in total. The lowest BCUT2D eigenvalue weighted by molar-refractivity contribution is -0.117. The van der Waals surface area contributed by atoms with E-state index >= 15 is 0 Å². The van der Waals surface area contributed by atoms with Crippen LogP contribution in [0.3, 0.4) is 0 Å². The molecule has 0 atom stereocenters. The molecule has 0 spiro atoms. The van der Waals surface area contributed by atoms with Crippen LogP contribution in [0.5, 0.6) is 0 Å². The minimum absolute atomic E-state index is 0.227. The summed E-state index contributed by atoms with van der Waals surface area (Å²) >= 11 is 0. The number of rotatable bonds is 7. The Morgan fingerprint density at radius 2 is 1.89 bits per heavy atom. The molecule has 146 valence electrons. The summed E-state index contributed by atoms with van der Waals surface area (Å²) in [6.07, 6.45) is 5.53. The quantitative estimate of drug-likeness (QED) is 0.599. The second-order valence-electron chi connectivity index (χ2n) is 7.84. The molecular formula is C22H31N3O2. The second kappa shape index (κ2) is 8.70. The molecule has 1 aliphatic heterocycles. The number of Topliss-reactive ketones (excluding diaryl/α,β-unsaturated/α-hetero) is 1. The number of ketones is 1. The van der Waals surface area contributed by atoms with Gasteiger partial charge in [-0.3, -0.25) is 9.59 Å². The van der Waals surface area contributed by atoms with Gasteiger partial charge in [0.2, 0.25) is 0 Å². The minimum atomic E-state index is -0.509. The first-order valence-electron chi connectivity index (χ1n) is 10.2. The summed E-state index contributed by atoms with van der Waals surface area (Å²) in [6.45, 7) is 9.90. The fraction of sp³-hybridized carbons (Fsp3) is 0.545. The van der Waals surface area contributed by atoms with E-state index in [-0.39, 0.29) is 6.04 Å². The van der Waals surface area contributed by atoms with Crippen LogP contribution in [0.2, 0.25) is 0 Å². The topological polar surface area (TPSA) is 54.3 Å². The first kappa shape index (κ1) is 19.6. The highest BCUT2D eigenvalue weighted by Gasteiger charge is 2.22. The predicted molar refractivity (Wildman–Crippen MR) is 109 cm³/mol. The summed E-state index contributed by atoms with van der Waals surface area (Å²) in [7, 11) is 0. The Morgan fingerprint density at radius 3 is 2.56 bits per heavy atom. The van der Waals surface area contributed by atoms with Gasteiger partial charge >= 0.3 is 0 Å². The summed E-state index contributed by atoms with van der Waals surface area (Å²) in [5.41, 5.74) is 1.48. The summed E-state index contributed by atoms with van der Waals surface area (Å²) in [6, 6.07) is 7.99. The molecular weight excluding hydrogens is 338 g/mol. The average molecular weight is 370 g/mol. The van der Waals surface area contributed by atoms with Crippen molar-refractivity contribution < 1.29 is 9.59 Å². The van der Waals surface area contributed by atoms with Crippen molar-refractivity contribution in [2.75, 3.05) is 26.2 Å². The van der Waals surface area contributed by atoms with Crippen LogP contribution in [-0.2, 0) is 4.79 Å². The van der Waals surface area contributed by atoms with E-state index in [1.807, 2.05) is 35.0 Å². The SMILES string of the molecule is CCC1CCN(CCNC(=O)C(=O)c2cn(C(C)C)c3ccccc23)CC1. The van der Waals surface area contributed by atoms with E-state index in [2.05, 4.69) is 31.0 Å². The van der Waals surface area contributed by atoms with Gasteiger partial charge in [-0.25, -0.2) is 0 Å². The number of nitrogens with zero attached hydrogens (tertiary/aromatic N) is 2. The van der Waals surface area contributed by atoms with Crippen molar-refractivity contribution in [3.63, 3.8) is 0 Å². The number of carbonyl (C=O) groups is 2. The van der Waals surface area contributed by atoms with Crippen LogP contribution >= 0.6 is 0 Å². The Morgan fingerprint density at radius 1 is 1.19 bits per heavy atom. The molecule has 1 aliphatic rings. The maximum atomic E-state index is 12.7. The van der Waals surface area contributed by atoms with Crippen molar-refractivity contribution in [1.29, 1.82) is 0 Å². The molecule has 3 rings (SSSR count). The number of likely N-dealkylation sites (tertiary alicyclic amines) is 1. The van der Waals surface area contributed by atoms with Gasteiger partial charge in [-0.05, 0) is 51.8 Å². The Kier molecular flexibility index (Phi) is 6.32. The molecule has 1 fully saturated rings. The van der Waals surface area contributed by atoms with Gasteiger partial charge < -0.3 is 14.8 Å². The number of fused-ring (bicyclic) bond motifs is 1. The average Bonchev–Trinajstić information content (AvgIpc) is 3.08. The Labute approximate surface area is 161 Å². The van der Waals surface area contributed by atoms with Crippen molar-refractivity contribution in [2.45, 2.75) is 46.1 Å². The summed E-state index contributed by atoms with van der Waals surface area (Å²) < 4.78 is 2.05. The van der Waals surface area contributed by atoms with E-state index in [1.54, 1.807) is 0 Å². The Balaban J connectivity index is 1.60. The molecule has 0 saturated carbocycles. The summed E-state index contributed by atoms with van der Waals surface area (Å²) in [5.74, 6) is -0.115. The van der Waals surface area contributed by atoms with Crippen LogP contribution in [-0.4, -0.2) is 47.3 Å². The van der Waals surface area contributed by atoms with Gasteiger partial charge in [0.15, 0.2) is 0 Å². The lowest BCUT2D eigenvalue weighted by Crippen LogP contribution is -2.41. The van der Waals surface area contributed by atoms with Gasteiger partial charge in [0, 0.05) is 36.2 Å². The molecule has 0 unspecified atom stereocenters. The van der Waals surface area contributed by atoms with Crippen LogP contribution in [0.15, 0.2) is 30.5 Å². The second-order valence-corrected chi connectivity index (χ2v) is 7.84. The van der Waals surface area contributed by atoms with E-state index in [9.17, 15) is 9.59 Å². The van der Waals surface area contributed by atoms with Gasteiger partial charge in [-0.2, -0.15) is 0 Å². The number of carbonyl (C=O) groups excluding carboxylic acids is 2. The highest BCUT2D eigenvalue weighted by Crippen LogP contribution is 2.25. The van der Waals surface area contributed by atoms with E-state index in [4.69, 9.17) is 0 Å². The molecule has 2 aromatic rings. The molecule has 1 aromatic heterocycles. The van der Waals surface area contributed by atoms with Crippen molar-refractivity contribution in [3.8, 4) is 0 Å². The van der Waals surface area contributed by atoms with Crippen molar-refractivity contribution in [3.05, 3.63) is 36.0 Å². The third-order valence-corrected chi connectivity index (χ3v) is 5.75. The van der Waals surface area contributed by atoms with E-state index in [0.29, 0.717) is 12.1 Å². The highest BCUT2D eigenvalue weighted by atomic mass is 16.2. The zero-order chi connectivity index (χ0) is 19.4. The van der Waals surface area contributed by atoms with Crippen LogP contribution in [0.25, 0.3) is 10.9 Å². The van der Waals surface area contributed by atoms with Crippen LogP contribution in [0, 0.1) is 5.92 Å². The molecule has 2 heterocycles. The van der Waals surface area contributed by atoms with Crippen molar-refractivity contribution in [1.82, 2.24) is 14.8 Å². The molecule has 0 radical (unpaired) electrons. The van der Waals surface area contributed by atoms with Crippen LogP contribution in [0.4, 0.5) is 0 Å². The van der Waals surface area contributed by atoms with E-state index in [0.717, 1.165) is 36.5 Å². The monoisotopic (exact) mass is 369 g/mol. The number of benzene rings is 1. The molecule has 0 bridgehead atoms. The smallest absolute Gasteiger partial charge is 0.292 e. The molecule has 5 heteroatoms. The third-order valence-electron chi connectivity index (χ3n) is 5.75. The number of hydrogen-bond acceptors (Lipinski definition) is 3. The van der Waals surface area contributed by atoms with E-state index < -0.39 is 11.7 Å². The van der Waals surface area contributed by atoms with Gasteiger partial charge in [0.05, 0.1) is 5.56 Å². The number of nitrogens with one attached hydrogen (secondary N) is 1. The zero-order valence-electron chi connectivity index (χ0n) is 16.7. The molecule has 5 nitrogen and oxygen atoms in total. The van der Waals surface area contributed by atoms with Crippen LogP contribution in [0.1, 0.15) is 56.4 Å². The Hall–Kier alpha value is -2.14. The third kappa shape index (κ3) is 4.41. The van der Waals surface area contributed by atoms with Gasteiger partial charge in [-0.1, -0.05) is 31.5 Å². The standard InChI is InChI=1S/C22H31N3O2/c1-4-17-9-12-24(13-10-17)14-11-23-22(27)21(26)19-15-25(16(2)3)20-8-6-5-7-18(19)20/h5-8,15-17H,4,9-14H2,1-3H3,(H,23,27). The number of aromatic nitrogens is 1. The number of amides is 1. The minimum Gasteiger partial charge on any atom is -0.348 e. The molecule has 1 saturated heterocycles. The lowest BCUT2D eigenvalue weighted by Gasteiger charge is -2.31. The first-order valence-corrected chi connectivity index (χ1v) is 10.2. The first-order chi connectivity index (χ1) is 13.0. The lowest BCUT2D eigenvalue weighted by atomic mass is 9.94. The maximum absolute atomic E-state index is 12.7. The molecule has 1 amide bonds. The van der Waals surface area contributed by atoms with Gasteiger partial charge in [0.25, 0.3) is 11.7 Å². The van der Waals surface area contributed by atoms with Crippen molar-refractivity contribution in [2.24, 2.45) is 5.92 Å². The fourth-order valence-electron chi connectivity index (χ4n) is 3.96.